The van der Waals surface area contributed by atoms with E-state index in [0.29, 0.717) is 6.41 Å². The lowest BCUT2D eigenvalue weighted by Crippen LogP contribution is -2.18. The van der Waals surface area contributed by atoms with Crippen LogP contribution in [0.5, 0.6) is 0 Å². The third-order valence-corrected chi connectivity index (χ3v) is 2.24. The Bertz CT molecular complexity index is 410. The molecule has 0 bridgehead atoms. The summed E-state index contributed by atoms with van der Waals surface area (Å²) < 4.78 is 0. The van der Waals surface area contributed by atoms with Gasteiger partial charge in [0.1, 0.15) is 0 Å². The number of para-hydroxylation sites is 2. The summed E-state index contributed by atoms with van der Waals surface area (Å²) in [6.45, 7) is 0.827. The molecule has 1 aromatic rings. The maximum Gasteiger partial charge on any atom is 0.211 e. The highest BCUT2D eigenvalue weighted by molar-refractivity contribution is 5.82. The summed E-state index contributed by atoms with van der Waals surface area (Å²) in [6.07, 6.45) is 8.73. The first-order chi connectivity index (χ1) is 7.42. The van der Waals surface area contributed by atoms with E-state index in [1.165, 1.54) is 0 Å². The number of amides is 1. The lowest BCUT2D eigenvalue weighted by Gasteiger charge is -2.22. The summed E-state index contributed by atoms with van der Waals surface area (Å²) in [4.78, 5) is 12.5. The molecule has 1 N–H and O–H groups in total. The Morgan fingerprint density at radius 2 is 2.13 bits per heavy atom. The quantitative estimate of drug-likeness (QED) is 0.758. The van der Waals surface area contributed by atoms with E-state index >= 15 is 0 Å². The maximum absolute atomic E-state index is 10.4. The van der Waals surface area contributed by atoms with Crippen molar-refractivity contribution in [3.05, 3.63) is 48.7 Å². The van der Waals surface area contributed by atoms with Gasteiger partial charge < -0.3 is 10.2 Å². The molecule has 0 radical (unpaired) electrons. The van der Waals surface area contributed by atoms with Crippen molar-refractivity contribution in [1.82, 2.24) is 0 Å². The summed E-state index contributed by atoms with van der Waals surface area (Å²) in [7, 11) is 0. The van der Waals surface area contributed by atoms with E-state index in [-0.39, 0.29) is 0 Å². The summed E-state index contributed by atoms with van der Waals surface area (Å²) in [6, 6.07) is 7.72. The standard InChI is InChI=1S/C12H12N2O/c15-10-13-11-6-2-3-7-12(11)14-8-4-1-5-9-14/h1-8,10H,9H2,(H,13,15). The van der Waals surface area contributed by atoms with Gasteiger partial charge in [-0.1, -0.05) is 24.3 Å². The van der Waals surface area contributed by atoms with Crippen molar-refractivity contribution in [2.75, 3.05) is 16.8 Å². The van der Waals surface area contributed by atoms with Gasteiger partial charge in [-0.25, -0.2) is 0 Å². The number of nitrogens with one attached hydrogen (secondary N) is 1. The molecule has 0 fully saturated rings. The van der Waals surface area contributed by atoms with Gasteiger partial charge in [-0.3, -0.25) is 4.79 Å². The Kier molecular flexibility index (Phi) is 2.83. The molecule has 1 heterocycles. The number of carbonyl (C=O) groups is 1. The number of allylic oxidation sites excluding steroid dienone is 2. The van der Waals surface area contributed by atoms with Gasteiger partial charge in [0.2, 0.25) is 6.41 Å². The van der Waals surface area contributed by atoms with Crippen LogP contribution in [0.3, 0.4) is 0 Å². The van der Waals surface area contributed by atoms with Crippen molar-refractivity contribution in [2.45, 2.75) is 0 Å². The molecular formula is C12H12N2O. The van der Waals surface area contributed by atoms with Crippen LogP contribution in [0.1, 0.15) is 0 Å². The smallest absolute Gasteiger partial charge is 0.211 e. The first-order valence-corrected chi connectivity index (χ1v) is 4.81. The predicted octanol–water partition coefficient (Wildman–Crippen LogP) is 2.14. The highest BCUT2D eigenvalue weighted by Crippen LogP contribution is 2.26. The topological polar surface area (TPSA) is 32.3 Å². The van der Waals surface area contributed by atoms with Crippen molar-refractivity contribution in [3.8, 4) is 0 Å². The number of hydrogen-bond donors (Lipinski definition) is 1. The lowest BCUT2D eigenvalue weighted by molar-refractivity contribution is -0.105. The molecule has 1 aliphatic heterocycles. The van der Waals surface area contributed by atoms with Crippen LogP contribution in [0.4, 0.5) is 11.4 Å². The van der Waals surface area contributed by atoms with E-state index in [2.05, 4.69) is 16.3 Å². The minimum atomic E-state index is 0.697. The Balaban J connectivity index is 2.29. The fourth-order valence-electron chi connectivity index (χ4n) is 1.56. The normalized spacial score (nSPS) is 14.0. The summed E-state index contributed by atoms with van der Waals surface area (Å²) in [5.74, 6) is 0. The minimum Gasteiger partial charge on any atom is -0.342 e. The largest absolute Gasteiger partial charge is 0.342 e. The van der Waals surface area contributed by atoms with Crippen LogP contribution in [0.15, 0.2) is 48.7 Å². The van der Waals surface area contributed by atoms with Gasteiger partial charge in [0.05, 0.1) is 11.4 Å². The van der Waals surface area contributed by atoms with Crippen LogP contribution in [0, 0.1) is 0 Å². The Hall–Kier alpha value is -2.03. The second-order valence-electron chi connectivity index (χ2n) is 3.20. The number of nitrogens with zero attached hydrogens (tertiary/aromatic N) is 1. The van der Waals surface area contributed by atoms with Crippen LogP contribution < -0.4 is 10.2 Å². The van der Waals surface area contributed by atoms with E-state index in [4.69, 9.17) is 0 Å². The summed E-state index contributed by atoms with van der Waals surface area (Å²) in [5, 5.41) is 2.69. The van der Waals surface area contributed by atoms with Crippen LogP contribution in [0.2, 0.25) is 0 Å². The molecule has 1 aliphatic rings. The van der Waals surface area contributed by atoms with Crippen molar-refractivity contribution in [2.24, 2.45) is 0 Å². The molecule has 0 saturated carbocycles. The maximum atomic E-state index is 10.4. The fraction of sp³-hybridized carbons (Fsp3) is 0.0833. The highest BCUT2D eigenvalue weighted by Gasteiger charge is 2.07. The summed E-state index contributed by atoms with van der Waals surface area (Å²) in [5.41, 5.74) is 1.83. The van der Waals surface area contributed by atoms with Gasteiger partial charge >= 0.3 is 0 Å². The SMILES string of the molecule is O=CNc1ccccc1N1C=CC=CC1. The van der Waals surface area contributed by atoms with Crippen molar-refractivity contribution < 1.29 is 4.79 Å². The fourth-order valence-corrected chi connectivity index (χ4v) is 1.56. The number of carbonyl (C=O) groups excluding carboxylic acids is 1. The Morgan fingerprint density at radius 3 is 2.87 bits per heavy atom. The van der Waals surface area contributed by atoms with Gasteiger partial charge in [-0.05, 0) is 18.2 Å². The molecule has 3 heteroatoms. The van der Waals surface area contributed by atoms with Gasteiger partial charge in [0.15, 0.2) is 0 Å². The van der Waals surface area contributed by atoms with Gasteiger partial charge in [-0.2, -0.15) is 0 Å². The van der Waals surface area contributed by atoms with E-state index in [0.717, 1.165) is 17.9 Å². The monoisotopic (exact) mass is 200 g/mol. The molecule has 2 rings (SSSR count). The van der Waals surface area contributed by atoms with E-state index < -0.39 is 0 Å². The third kappa shape index (κ3) is 2.07. The molecule has 0 aromatic heterocycles. The third-order valence-electron chi connectivity index (χ3n) is 2.24. The van der Waals surface area contributed by atoms with E-state index in [1.54, 1.807) is 0 Å². The molecule has 76 valence electrons. The Morgan fingerprint density at radius 1 is 1.27 bits per heavy atom. The van der Waals surface area contributed by atoms with Crippen molar-refractivity contribution >= 4 is 17.8 Å². The van der Waals surface area contributed by atoms with E-state index in [9.17, 15) is 4.79 Å². The number of rotatable bonds is 3. The molecule has 0 saturated heterocycles. The molecule has 0 spiro atoms. The van der Waals surface area contributed by atoms with Crippen LogP contribution >= 0.6 is 0 Å². The molecule has 0 aliphatic carbocycles. The highest BCUT2D eigenvalue weighted by atomic mass is 16.1. The zero-order chi connectivity index (χ0) is 10.5. The first-order valence-electron chi connectivity index (χ1n) is 4.81. The minimum absolute atomic E-state index is 0.697. The molecule has 0 atom stereocenters. The number of benzene rings is 1. The van der Waals surface area contributed by atoms with Crippen LogP contribution in [-0.4, -0.2) is 13.0 Å². The number of hydrogen-bond acceptors (Lipinski definition) is 2. The van der Waals surface area contributed by atoms with Crippen molar-refractivity contribution in [3.63, 3.8) is 0 Å². The molecule has 15 heavy (non-hydrogen) atoms. The second kappa shape index (κ2) is 4.46. The Labute approximate surface area is 88.7 Å². The predicted molar refractivity (Wildman–Crippen MR) is 61.8 cm³/mol. The van der Waals surface area contributed by atoms with E-state index in [1.807, 2.05) is 42.6 Å². The van der Waals surface area contributed by atoms with Crippen LogP contribution in [-0.2, 0) is 4.79 Å². The molecule has 0 unspecified atom stereocenters. The summed E-state index contributed by atoms with van der Waals surface area (Å²) >= 11 is 0. The van der Waals surface area contributed by atoms with Gasteiger partial charge in [-0.15, -0.1) is 0 Å². The molecule has 1 amide bonds. The van der Waals surface area contributed by atoms with Gasteiger partial charge in [0.25, 0.3) is 0 Å². The number of anilines is 2. The molecule has 1 aromatic carbocycles. The van der Waals surface area contributed by atoms with Crippen LogP contribution in [0.25, 0.3) is 0 Å². The lowest BCUT2D eigenvalue weighted by atomic mass is 10.2. The molecular weight excluding hydrogens is 188 g/mol. The zero-order valence-corrected chi connectivity index (χ0v) is 8.26. The average molecular weight is 200 g/mol. The second-order valence-corrected chi connectivity index (χ2v) is 3.20. The van der Waals surface area contributed by atoms with Crippen molar-refractivity contribution in [1.29, 1.82) is 0 Å². The van der Waals surface area contributed by atoms with Gasteiger partial charge in [0, 0.05) is 12.7 Å². The molecule has 3 nitrogen and oxygen atoms in total. The first kappa shape index (κ1) is 9.52. The zero-order valence-electron chi connectivity index (χ0n) is 8.26. The average Bonchev–Trinajstić information content (AvgIpc) is 2.31.